The van der Waals surface area contributed by atoms with Crippen molar-refractivity contribution >= 4 is 51.8 Å². The summed E-state index contributed by atoms with van der Waals surface area (Å²) >= 11 is 19.6. The van der Waals surface area contributed by atoms with Crippen LogP contribution in [-0.4, -0.2) is 12.4 Å². The average molecular weight is 358 g/mol. The molecule has 0 radical (unpaired) electrons. The van der Waals surface area contributed by atoms with Crippen LogP contribution in [0.2, 0.25) is 10.0 Å². The standard InChI is InChI=1S/C12H15BrCl2OS/c1-8(3-5-17)2-4-16-12-7-10(14)9(13)6-11(12)15/h6-8,17H,2-5H2,1H3. The third-order valence-corrected chi connectivity index (χ3v) is 4.22. The fraction of sp³-hybridized carbons (Fsp3) is 0.500. The van der Waals surface area contributed by atoms with Crippen molar-refractivity contribution in [3.8, 4) is 5.75 Å². The van der Waals surface area contributed by atoms with E-state index in [1.165, 1.54) is 0 Å². The quantitative estimate of drug-likeness (QED) is 0.523. The normalized spacial score (nSPS) is 12.5. The molecule has 0 saturated heterocycles. The Hall–Kier alpha value is 0.430. The van der Waals surface area contributed by atoms with Gasteiger partial charge in [-0.1, -0.05) is 30.1 Å². The van der Waals surface area contributed by atoms with Crippen molar-refractivity contribution in [2.24, 2.45) is 5.92 Å². The Labute approximate surface area is 126 Å². The molecule has 0 spiro atoms. The fourth-order valence-corrected chi connectivity index (χ4v) is 2.64. The van der Waals surface area contributed by atoms with Crippen LogP contribution in [-0.2, 0) is 0 Å². The Morgan fingerprint density at radius 1 is 1.29 bits per heavy atom. The highest BCUT2D eigenvalue weighted by atomic mass is 79.9. The van der Waals surface area contributed by atoms with Crippen molar-refractivity contribution in [2.75, 3.05) is 12.4 Å². The van der Waals surface area contributed by atoms with Crippen molar-refractivity contribution in [3.05, 3.63) is 26.7 Å². The van der Waals surface area contributed by atoms with E-state index in [1.54, 1.807) is 12.1 Å². The summed E-state index contributed by atoms with van der Waals surface area (Å²) in [6, 6.07) is 3.48. The second kappa shape index (κ2) is 7.78. The molecule has 1 nitrogen and oxygen atoms in total. The monoisotopic (exact) mass is 356 g/mol. The van der Waals surface area contributed by atoms with Crippen LogP contribution >= 0.6 is 51.8 Å². The van der Waals surface area contributed by atoms with Gasteiger partial charge >= 0.3 is 0 Å². The van der Waals surface area contributed by atoms with Crippen LogP contribution in [0.5, 0.6) is 5.75 Å². The lowest BCUT2D eigenvalue weighted by molar-refractivity contribution is 0.282. The smallest absolute Gasteiger partial charge is 0.139 e. The van der Waals surface area contributed by atoms with Crippen LogP contribution in [0.4, 0.5) is 0 Å². The van der Waals surface area contributed by atoms with E-state index in [1.807, 2.05) is 0 Å². The molecule has 0 amide bonds. The Morgan fingerprint density at radius 3 is 2.65 bits per heavy atom. The highest BCUT2D eigenvalue weighted by Gasteiger charge is 2.07. The summed E-state index contributed by atoms with van der Waals surface area (Å²) in [5.41, 5.74) is 0. The van der Waals surface area contributed by atoms with Gasteiger partial charge in [-0.2, -0.15) is 12.6 Å². The maximum absolute atomic E-state index is 6.05. The van der Waals surface area contributed by atoms with E-state index in [2.05, 4.69) is 35.5 Å². The number of hydrogen-bond donors (Lipinski definition) is 1. The third kappa shape index (κ3) is 5.29. The van der Waals surface area contributed by atoms with E-state index in [4.69, 9.17) is 27.9 Å². The highest BCUT2D eigenvalue weighted by Crippen LogP contribution is 2.34. The Bertz CT molecular complexity index is 374. The molecule has 0 bridgehead atoms. The number of rotatable bonds is 6. The zero-order valence-corrected chi connectivity index (χ0v) is 13.5. The molecule has 0 fully saturated rings. The Balaban J connectivity index is 2.49. The molecular formula is C12H15BrCl2OS. The summed E-state index contributed by atoms with van der Waals surface area (Å²) < 4.78 is 6.41. The van der Waals surface area contributed by atoms with Crippen LogP contribution in [0.25, 0.3) is 0 Å². The van der Waals surface area contributed by atoms with E-state index >= 15 is 0 Å². The first-order valence-electron chi connectivity index (χ1n) is 5.42. The second-order valence-electron chi connectivity index (χ2n) is 3.95. The van der Waals surface area contributed by atoms with Crippen molar-refractivity contribution in [1.82, 2.24) is 0 Å². The summed E-state index contributed by atoms with van der Waals surface area (Å²) in [6.45, 7) is 2.84. The summed E-state index contributed by atoms with van der Waals surface area (Å²) in [5.74, 6) is 2.15. The summed E-state index contributed by atoms with van der Waals surface area (Å²) in [4.78, 5) is 0. The molecule has 1 unspecified atom stereocenters. The molecule has 0 heterocycles. The van der Waals surface area contributed by atoms with Crippen LogP contribution in [0.15, 0.2) is 16.6 Å². The minimum atomic E-state index is 0.572. The molecule has 0 aromatic heterocycles. The van der Waals surface area contributed by atoms with E-state index < -0.39 is 0 Å². The number of thiol groups is 1. The minimum absolute atomic E-state index is 0.572. The zero-order valence-electron chi connectivity index (χ0n) is 9.55. The maximum atomic E-state index is 6.05. The lowest BCUT2D eigenvalue weighted by Gasteiger charge is -2.12. The first-order valence-corrected chi connectivity index (χ1v) is 7.61. The Kier molecular flexibility index (Phi) is 7.08. The van der Waals surface area contributed by atoms with E-state index in [0.29, 0.717) is 28.3 Å². The highest BCUT2D eigenvalue weighted by molar-refractivity contribution is 9.10. The van der Waals surface area contributed by atoms with Gasteiger partial charge in [-0.25, -0.2) is 0 Å². The lowest BCUT2D eigenvalue weighted by Crippen LogP contribution is -2.05. The van der Waals surface area contributed by atoms with Crippen molar-refractivity contribution < 1.29 is 4.74 Å². The van der Waals surface area contributed by atoms with Gasteiger partial charge < -0.3 is 4.74 Å². The molecule has 1 aromatic rings. The van der Waals surface area contributed by atoms with E-state index in [0.717, 1.165) is 23.1 Å². The summed E-state index contributed by atoms with van der Waals surface area (Å²) in [5, 5.41) is 1.18. The van der Waals surface area contributed by atoms with Gasteiger partial charge in [-0.15, -0.1) is 0 Å². The van der Waals surface area contributed by atoms with Gasteiger partial charge in [0.15, 0.2) is 0 Å². The number of halogens is 3. The van der Waals surface area contributed by atoms with Crippen molar-refractivity contribution in [2.45, 2.75) is 19.8 Å². The van der Waals surface area contributed by atoms with Crippen LogP contribution in [0.1, 0.15) is 19.8 Å². The number of benzene rings is 1. The zero-order chi connectivity index (χ0) is 12.8. The molecule has 0 aliphatic heterocycles. The molecule has 5 heteroatoms. The molecule has 1 rings (SSSR count). The first-order chi connectivity index (χ1) is 8.04. The fourth-order valence-electron chi connectivity index (χ4n) is 1.35. The summed E-state index contributed by atoms with van der Waals surface area (Å²) in [6.07, 6.45) is 2.09. The molecule has 0 saturated carbocycles. The van der Waals surface area contributed by atoms with Gasteiger partial charge in [-0.05, 0) is 46.5 Å². The second-order valence-corrected chi connectivity index (χ2v) is 6.07. The van der Waals surface area contributed by atoms with Crippen molar-refractivity contribution in [3.63, 3.8) is 0 Å². The van der Waals surface area contributed by atoms with E-state index in [-0.39, 0.29) is 0 Å². The van der Waals surface area contributed by atoms with Crippen LogP contribution in [0.3, 0.4) is 0 Å². The van der Waals surface area contributed by atoms with Gasteiger partial charge in [-0.3, -0.25) is 0 Å². The lowest BCUT2D eigenvalue weighted by atomic mass is 10.1. The van der Waals surface area contributed by atoms with Gasteiger partial charge in [0.05, 0.1) is 16.7 Å². The Morgan fingerprint density at radius 2 is 2.00 bits per heavy atom. The number of ether oxygens (including phenoxy) is 1. The van der Waals surface area contributed by atoms with Gasteiger partial charge in [0.2, 0.25) is 0 Å². The van der Waals surface area contributed by atoms with Gasteiger partial charge in [0.25, 0.3) is 0 Å². The van der Waals surface area contributed by atoms with E-state index in [9.17, 15) is 0 Å². The van der Waals surface area contributed by atoms with Crippen LogP contribution in [0, 0.1) is 5.92 Å². The summed E-state index contributed by atoms with van der Waals surface area (Å²) in [7, 11) is 0. The first kappa shape index (κ1) is 15.5. The molecule has 1 atom stereocenters. The maximum Gasteiger partial charge on any atom is 0.139 e. The predicted octanol–water partition coefficient (Wildman–Crippen LogP) is 5.48. The van der Waals surface area contributed by atoms with Crippen molar-refractivity contribution in [1.29, 1.82) is 0 Å². The molecule has 0 aliphatic carbocycles. The molecule has 0 aliphatic rings. The number of hydrogen-bond acceptors (Lipinski definition) is 2. The topological polar surface area (TPSA) is 9.23 Å². The van der Waals surface area contributed by atoms with Crippen LogP contribution < -0.4 is 4.74 Å². The average Bonchev–Trinajstić information content (AvgIpc) is 2.26. The van der Waals surface area contributed by atoms with Gasteiger partial charge in [0.1, 0.15) is 5.75 Å². The predicted molar refractivity (Wildman–Crippen MR) is 81.9 cm³/mol. The van der Waals surface area contributed by atoms with Gasteiger partial charge in [0, 0.05) is 10.5 Å². The SMILES string of the molecule is CC(CCS)CCOc1cc(Cl)c(Br)cc1Cl. The molecule has 0 N–H and O–H groups in total. The molecule has 1 aromatic carbocycles. The molecular weight excluding hydrogens is 343 g/mol. The largest absolute Gasteiger partial charge is 0.492 e. The molecule has 96 valence electrons. The minimum Gasteiger partial charge on any atom is -0.492 e. The molecule has 17 heavy (non-hydrogen) atoms. The third-order valence-electron chi connectivity index (χ3n) is 2.46.